The molecule has 106 valence electrons. The van der Waals surface area contributed by atoms with Crippen LogP contribution < -0.4 is 5.32 Å². The summed E-state index contributed by atoms with van der Waals surface area (Å²) in [5.74, 6) is 0.00598. The van der Waals surface area contributed by atoms with E-state index >= 15 is 0 Å². The second-order valence-corrected chi connectivity index (χ2v) is 4.40. The third-order valence-corrected chi connectivity index (χ3v) is 2.85. The number of amides is 1. The van der Waals surface area contributed by atoms with Crippen LogP contribution in [0.5, 0.6) is 0 Å². The summed E-state index contributed by atoms with van der Waals surface area (Å²) in [4.78, 5) is 11.8. The van der Waals surface area contributed by atoms with E-state index in [1.807, 2.05) is 37.3 Å². The molecule has 1 aromatic heterocycles. The van der Waals surface area contributed by atoms with Gasteiger partial charge in [-0.3, -0.25) is 9.89 Å². The number of ether oxygens (including phenoxy) is 1. The molecule has 0 spiro atoms. The van der Waals surface area contributed by atoms with Gasteiger partial charge in [0.25, 0.3) is 0 Å². The Morgan fingerprint density at radius 3 is 3.05 bits per heavy atom. The lowest BCUT2D eigenvalue weighted by Gasteiger charge is -2.07. The van der Waals surface area contributed by atoms with E-state index in [1.54, 1.807) is 6.20 Å². The molecule has 0 bridgehead atoms. The van der Waals surface area contributed by atoms with Crippen molar-refractivity contribution in [3.05, 3.63) is 36.5 Å². The van der Waals surface area contributed by atoms with Gasteiger partial charge >= 0.3 is 0 Å². The number of nitrogens with zero attached hydrogens (tertiary/aromatic N) is 1. The average Bonchev–Trinajstić information content (AvgIpc) is 2.98. The highest BCUT2D eigenvalue weighted by molar-refractivity contribution is 5.91. The number of carbonyl (C=O) groups excluding carboxylic acids is 1. The second kappa shape index (κ2) is 7.45. The normalized spacial score (nSPS) is 10.4. The van der Waals surface area contributed by atoms with E-state index in [-0.39, 0.29) is 5.91 Å². The number of nitrogens with one attached hydrogen (secondary N) is 2. The topological polar surface area (TPSA) is 67.0 Å². The van der Waals surface area contributed by atoms with Crippen molar-refractivity contribution in [3.8, 4) is 11.3 Å². The van der Waals surface area contributed by atoms with Crippen molar-refractivity contribution in [2.24, 2.45) is 0 Å². The van der Waals surface area contributed by atoms with Gasteiger partial charge in [0.15, 0.2) is 0 Å². The van der Waals surface area contributed by atoms with Gasteiger partial charge in [-0.25, -0.2) is 0 Å². The Labute approximate surface area is 118 Å². The summed E-state index contributed by atoms with van der Waals surface area (Å²) in [6.07, 6.45) is 2.91. The Kier molecular flexibility index (Phi) is 5.32. The molecule has 0 aliphatic carbocycles. The molecule has 5 heteroatoms. The van der Waals surface area contributed by atoms with Gasteiger partial charge in [-0.1, -0.05) is 12.1 Å². The summed E-state index contributed by atoms with van der Waals surface area (Å²) in [7, 11) is 0. The summed E-state index contributed by atoms with van der Waals surface area (Å²) in [6, 6.07) is 9.57. The number of hydrogen-bond donors (Lipinski definition) is 2. The third-order valence-electron chi connectivity index (χ3n) is 2.85. The predicted molar refractivity (Wildman–Crippen MR) is 78.4 cm³/mol. The van der Waals surface area contributed by atoms with Crippen LogP contribution in [0.15, 0.2) is 36.5 Å². The van der Waals surface area contributed by atoms with Gasteiger partial charge in [0.1, 0.15) is 0 Å². The predicted octanol–water partition coefficient (Wildman–Crippen LogP) is 2.83. The smallest absolute Gasteiger partial charge is 0.224 e. The zero-order chi connectivity index (χ0) is 14.2. The van der Waals surface area contributed by atoms with Crippen LogP contribution in [0.1, 0.15) is 19.8 Å². The van der Waals surface area contributed by atoms with Crippen LogP contribution in [0.25, 0.3) is 11.3 Å². The van der Waals surface area contributed by atoms with E-state index < -0.39 is 0 Å². The first-order chi connectivity index (χ1) is 9.79. The van der Waals surface area contributed by atoms with Crippen LogP contribution >= 0.6 is 0 Å². The van der Waals surface area contributed by atoms with Gasteiger partial charge in [-0.2, -0.15) is 5.10 Å². The van der Waals surface area contributed by atoms with E-state index in [0.29, 0.717) is 19.6 Å². The Hall–Kier alpha value is -2.14. The molecule has 0 fully saturated rings. The fourth-order valence-electron chi connectivity index (χ4n) is 1.88. The molecule has 0 saturated heterocycles. The van der Waals surface area contributed by atoms with Gasteiger partial charge < -0.3 is 10.1 Å². The molecule has 0 saturated carbocycles. The largest absolute Gasteiger partial charge is 0.382 e. The quantitative estimate of drug-likeness (QED) is 0.762. The van der Waals surface area contributed by atoms with E-state index in [4.69, 9.17) is 4.74 Å². The van der Waals surface area contributed by atoms with E-state index in [9.17, 15) is 4.79 Å². The molecule has 0 unspecified atom stereocenters. The maximum atomic E-state index is 11.8. The lowest BCUT2D eigenvalue weighted by Crippen LogP contribution is -2.12. The Balaban J connectivity index is 1.90. The van der Waals surface area contributed by atoms with Gasteiger partial charge in [0.2, 0.25) is 5.91 Å². The molecule has 1 amide bonds. The van der Waals surface area contributed by atoms with Crippen LogP contribution in [0.4, 0.5) is 5.69 Å². The highest BCUT2D eigenvalue weighted by Crippen LogP contribution is 2.20. The molecular weight excluding hydrogens is 254 g/mol. The van der Waals surface area contributed by atoms with Crippen molar-refractivity contribution in [2.45, 2.75) is 19.8 Å². The van der Waals surface area contributed by atoms with Gasteiger partial charge in [-0.15, -0.1) is 0 Å². The highest BCUT2D eigenvalue weighted by atomic mass is 16.5. The first-order valence-electron chi connectivity index (χ1n) is 6.77. The fourth-order valence-corrected chi connectivity index (χ4v) is 1.88. The van der Waals surface area contributed by atoms with E-state index in [2.05, 4.69) is 15.5 Å². The van der Waals surface area contributed by atoms with Crippen molar-refractivity contribution >= 4 is 11.6 Å². The van der Waals surface area contributed by atoms with Crippen LogP contribution in [0, 0.1) is 0 Å². The number of benzene rings is 1. The molecule has 2 aromatic rings. The fraction of sp³-hybridized carbons (Fsp3) is 0.333. The molecule has 0 aliphatic heterocycles. The number of hydrogen-bond acceptors (Lipinski definition) is 3. The van der Waals surface area contributed by atoms with Gasteiger partial charge in [0.05, 0.1) is 5.69 Å². The standard InChI is InChI=1S/C15H19N3O2/c1-2-20-10-4-7-15(19)17-13-6-3-5-12(11-13)14-8-9-16-18-14/h3,5-6,8-9,11H,2,4,7,10H2,1H3,(H,16,18)(H,17,19). The zero-order valence-electron chi connectivity index (χ0n) is 11.6. The number of aromatic amines is 1. The van der Waals surface area contributed by atoms with Crippen molar-refractivity contribution in [2.75, 3.05) is 18.5 Å². The molecular formula is C15H19N3O2. The van der Waals surface area contributed by atoms with Crippen LogP contribution in [0.3, 0.4) is 0 Å². The number of H-pyrrole nitrogens is 1. The van der Waals surface area contributed by atoms with Gasteiger partial charge in [0, 0.05) is 37.1 Å². The van der Waals surface area contributed by atoms with Crippen LogP contribution in [0.2, 0.25) is 0 Å². The number of aromatic nitrogens is 2. The highest BCUT2D eigenvalue weighted by Gasteiger charge is 2.04. The van der Waals surface area contributed by atoms with E-state index in [0.717, 1.165) is 23.4 Å². The molecule has 2 rings (SSSR count). The minimum absolute atomic E-state index is 0.00598. The second-order valence-electron chi connectivity index (χ2n) is 4.40. The first-order valence-corrected chi connectivity index (χ1v) is 6.77. The number of anilines is 1. The maximum absolute atomic E-state index is 11.8. The Morgan fingerprint density at radius 2 is 2.30 bits per heavy atom. The molecule has 5 nitrogen and oxygen atoms in total. The zero-order valence-corrected chi connectivity index (χ0v) is 11.6. The Morgan fingerprint density at radius 1 is 1.40 bits per heavy atom. The van der Waals surface area contributed by atoms with Gasteiger partial charge in [-0.05, 0) is 31.5 Å². The molecule has 0 radical (unpaired) electrons. The van der Waals surface area contributed by atoms with Crippen LogP contribution in [-0.4, -0.2) is 29.3 Å². The monoisotopic (exact) mass is 273 g/mol. The summed E-state index contributed by atoms with van der Waals surface area (Å²) < 4.78 is 5.21. The molecule has 20 heavy (non-hydrogen) atoms. The third kappa shape index (κ3) is 4.20. The summed E-state index contributed by atoms with van der Waals surface area (Å²) >= 11 is 0. The summed E-state index contributed by atoms with van der Waals surface area (Å²) in [6.45, 7) is 3.26. The minimum atomic E-state index is 0.00598. The van der Waals surface area contributed by atoms with Crippen molar-refractivity contribution in [1.29, 1.82) is 0 Å². The lowest BCUT2D eigenvalue weighted by molar-refractivity contribution is -0.116. The van der Waals surface area contributed by atoms with E-state index in [1.165, 1.54) is 0 Å². The van der Waals surface area contributed by atoms with Crippen molar-refractivity contribution in [3.63, 3.8) is 0 Å². The lowest BCUT2D eigenvalue weighted by atomic mass is 10.1. The minimum Gasteiger partial charge on any atom is -0.382 e. The number of rotatable bonds is 7. The van der Waals surface area contributed by atoms with Crippen LogP contribution in [-0.2, 0) is 9.53 Å². The average molecular weight is 273 g/mol. The SMILES string of the molecule is CCOCCCC(=O)Nc1cccc(-c2ccn[nH]2)c1. The van der Waals surface area contributed by atoms with Crippen molar-refractivity contribution in [1.82, 2.24) is 10.2 Å². The molecule has 0 atom stereocenters. The van der Waals surface area contributed by atoms with Crippen molar-refractivity contribution < 1.29 is 9.53 Å². The molecule has 2 N–H and O–H groups in total. The molecule has 0 aliphatic rings. The molecule has 1 aromatic carbocycles. The first kappa shape index (κ1) is 14.3. The maximum Gasteiger partial charge on any atom is 0.224 e. The molecule has 1 heterocycles. The number of carbonyl (C=O) groups is 1. The Bertz CT molecular complexity index is 538. The summed E-state index contributed by atoms with van der Waals surface area (Å²) in [5.41, 5.74) is 2.71. The summed E-state index contributed by atoms with van der Waals surface area (Å²) in [5, 5.41) is 9.72.